The van der Waals surface area contributed by atoms with Gasteiger partial charge in [-0.15, -0.1) is 0 Å². The highest BCUT2D eigenvalue weighted by molar-refractivity contribution is 5.76. The van der Waals surface area contributed by atoms with Crippen molar-refractivity contribution in [1.29, 1.82) is 0 Å². The smallest absolute Gasteiger partial charge is 0.272 e. The molecule has 1 aromatic carbocycles. The molecule has 0 radical (unpaired) electrons. The van der Waals surface area contributed by atoms with Crippen LogP contribution in [0.3, 0.4) is 0 Å². The van der Waals surface area contributed by atoms with E-state index >= 15 is 0 Å². The number of benzene rings is 1. The predicted molar refractivity (Wildman–Crippen MR) is 55.4 cm³/mol. The van der Waals surface area contributed by atoms with Crippen LogP contribution in [-0.4, -0.2) is 23.0 Å². The Labute approximate surface area is 90.1 Å². The largest absolute Gasteiger partial charge is 0.469 e. The van der Waals surface area contributed by atoms with E-state index in [1.54, 1.807) is 24.3 Å². The summed E-state index contributed by atoms with van der Waals surface area (Å²) in [7, 11) is 0. The molecule has 2 rings (SSSR count). The predicted octanol–water partition coefficient (Wildman–Crippen LogP) is 1.86. The summed E-state index contributed by atoms with van der Waals surface area (Å²) < 4.78 is 28.7. The van der Waals surface area contributed by atoms with Gasteiger partial charge in [0.05, 0.1) is 11.0 Å². The maximum Gasteiger partial charge on any atom is 0.272 e. The number of hydrogen-bond donors (Lipinski definition) is 1. The molecule has 2 aromatic rings. The van der Waals surface area contributed by atoms with Crippen molar-refractivity contribution >= 4 is 16.9 Å². The molecule has 0 aliphatic carbocycles. The number of hydrogen-bond acceptors (Lipinski definition) is 4. The number of alkyl halides is 2. The summed E-state index contributed by atoms with van der Waals surface area (Å²) in [5.41, 5.74) is 6.69. The second-order valence-corrected chi connectivity index (χ2v) is 3.10. The van der Waals surface area contributed by atoms with Crippen LogP contribution in [0.15, 0.2) is 24.3 Å². The van der Waals surface area contributed by atoms with E-state index in [4.69, 9.17) is 10.5 Å². The lowest BCUT2D eigenvalue weighted by Gasteiger charge is -2.07. The number of aromatic nitrogens is 2. The summed E-state index contributed by atoms with van der Waals surface area (Å²) in [6.45, 7) is -0.739. The molecule has 1 aromatic heterocycles. The third-order valence-corrected chi connectivity index (χ3v) is 1.91. The van der Waals surface area contributed by atoms with E-state index in [0.717, 1.165) is 0 Å². The van der Waals surface area contributed by atoms with Crippen molar-refractivity contribution in [1.82, 2.24) is 9.97 Å². The van der Waals surface area contributed by atoms with E-state index < -0.39 is 13.0 Å². The number of anilines is 1. The van der Waals surface area contributed by atoms with Gasteiger partial charge in [-0.2, -0.15) is 0 Å². The first-order valence-corrected chi connectivity index (χ1v) is 4.60. The second kappa shape index (κ2) is 4.26. The number of para-hydroxylation sites is 2. The number of fused-ring (bicyclic) bond motifs is 1. The lowest BCUT2D eigenvalue weighted by Crippen LogP contribution is -2.10. The van der Waals surface area contributed by atoms with Crippen molar-refractivity contribution in [2.24, 2.45) is 0 Å². The Kier molecular flexibility index (Phi) is 2.80. The minimum atomic E-state index is -2.56. The zero-order chi connectivity index (χ0) is 11.5. The van der Waals surface area contributed by atoms with Crippen LogP contribution in [0, 0.1) is 0 Å². The van der Waals surface area contributed by atoms with Crippen molar-refractivity contribution in [2.45, 2.75) is 6.43 Å². The summed E-state index contributed by atoms with van der Waals surface area (Å²) in [5, 5.41) is 0. The second-order valence-electron chi connectivity index (χ2n) is 3.10. The number of ether oxygens (including phenoxy) is 1. The Balaban J connectivity index is 2.34. The van der Waals surface area contributed by atoms with Gasteiger partial charge in [-0.3, -0.25) is 0 Å². The minimum Gasteiger partial charge on any atom is -0.469 e. The van der Waals surface area contributed by atoms with Crippen molar-refractivity contribution in [3.8, 4) is 5.88 Å². The molecule has 0 spiro atoms. The third-order valence-electron chi connectivity index (χ3n) is 1.91. The molecule has 6 heteroatoms. The molecule has 4 nitrogen and oxygen atoms in total. The highest BCUT2D eigenvalue weighted by atomic mass is 19.3. The molecule has 1 heterocycles. The van der Waals surface area contributed by atoms with E-state index in [0.29, 0.717) is 11.0 Å². The van der Waals surface area contributed by atoms with Crippen LogP contribution in [0.1, 0.15) is 0 Å². The highest BCUT2D eigenvalue weighted by Crippen LogP contribution is 2.20. The maximum absolute atomic E-state index is 12.0. The molecule has 0 fully saturated rings. The summed E-state index contributed by atoms with van der Waals surface area (Å²) in [5.74, 6) is -0.0432. The Morgan fingerprint density at radius 3 is 2.44 bits per heavy atom. The lowest BCUT2D eigenvalue weighted by atomic mass is 10.3. The zero-order valence-electron chi connectivity index (χ0n) is 8.23. The topological polar surface area (TPSA) is 61.0 Å². The van der Waals surface area contributed by atoms with Gasteiger partial charge < -0.3 is 10.5 Å². The Morgan fingerprint density at radius 2 is 1.81 bits per heavy atom. The van der Waals surface area contributed by atoms with E-state index in [9.17, 15) is 8.78 Å². The quantitative estimate of drug-likeness (QED) is 0.866. The SMILES string of the molecule is Nc1nc2ccccc2nc1OCC(F)F. The summed E-state index contributed by atoms with van der Waals surface area (Å²) in [4.78, 5) is 8.00. The van der Waals surface area contributed by atoms with Gasteiger partial charge in [0.25, 0.3) is 12.3 Å². The van der Waals surface area contributed by atoms with Gasteiger partial charge >= 0.3 is 0 Å². The van der Waals surface area contributed by atoms with Crippen molar-refractivity contribution in [3.63, 3.8) is 0 Å². The zero-order valence-corrected chi connectivity index (χ0v) is 8.23. The van der Waals surface area contributed by atoms with Gasteiger partial charge in [0.15, 0.2) is 12.4 Å². The third kappa shape index (κ3) is 2.16. The van der Waals surface area contributed by atoms with E-state index in [1.807, 2.05) is 0 Å². The molecule has 0 unspecified atom stereocenters. The van der Waals surface area contributed by atoms with Gasteiger partial charge in [-0.25, -0.2) is 18.7 Å². The Morgan fingerprint density at radius 1 is 1.19 bits per heavy atom. The average Bonchev–Trinajstić information content (AvgIpc) is 2.26. The standard InChI is InChI=1S/C10H9F2N3O/c11-8(12)5-16-10-9(13)14-6-3-1-2-4-7(6)15-10/h1-4,8H,5H2,(H2,13,14). The van der Waals surface area contributed by atoms with E-state index in [-0.39, 0.29) is 11.7 Å². The molecule has 2 N–H and O–H groups in total. The summed E-state index contributed by atoms with van der Waals surface area (Å²) >= 11 is 0. The minimum absolute atomic E-state index is 0.0133. The molecule has 16 heavy (non-hydrogen) atoms. The van der Waals surface area contributed by atoms with Crippen molar-refractivity contribution in [2.75, 3.05) is 12.3 Å². The molecular weight excluding hydrogens is 216 g/mol. The molecule has 0 aliphatic heterocycles. The molecule has 0 aliphatic rings. The van der Waals surface area contributed by atoms with Gasteiger partial charge in [0.2, 0.25) is 0 Å². The molecule has 0 bridgehead atoms. The first-order chi connectivity index (χ1) is 7.66. The van der Waals surface area contributed by atoms with Crippen LogP contribution < -0.4 is 10.5 Å². The van der Waals surface area contributed by atoms with E-state index in [1.165, 1.54) is 0 Å². The first-order valence-electron chi connectivity index (χ1n) is 4.60. The number of rotatable bonds is 3. The fourth-order valence-electron chi connectivity index (χ4n) is 1.25. The summed E-state index contributed by atoms with van der Waals surface area (Å²) in [6, 6.07) is 6.99. The number of nitrogen functional groups attached to an aromatic ring is 1. The highest BCUT2D eigenvalue weighted by Gasteiger charge is 2.09. The van der Waals surface area contributed by atoms with E-state index in [2.05, 4.69) is 9.97 Å². The van der Waals surface area contributed by atoms with Crippen LogP contribution in [-0.2, 0) is 0 Å². The van der Waals surface area contributed by atoms with Crippen LogP contribution in [0.5, 0.6) is 5.88 Å². The molecule has 0 saturated carbocycles. The van der Waals surface area contributed by atoms with Crippen LogP contribution in [0.25, 0.3) is 11.0 Å². The molecule has 0 atom stereocenters. The Bertz CT molecular complexity index is 504. The lowest BCUT2D eigenvalue weighted by molar-refractivity contribution is 0.0800. The fourth-order valence-corrected chi connectivity index (χ4v) is 1.25. The maximum atomic E-state index is 12.0. The van der Waals surface area contributed by atoms with Crippen LogP contribution in [0.4, 0.5) is 14.6 Å². The van der Waals surface area contributed by atoms with Crippen LogP contribution >= 0.6 is 0 Å². The number of nitrogens with two attached hydrogens (primary N) is 1. The Hall–Kier alpha value is -1.98. The van der Waals surface area contributed by atoms with Gasteiger partial charge in [-0.1, -0.05) is 12.1 Å². The normalized spacial score (nSPS) is 10.9. The first kappa shape index (κ1) is 10.5. The van der Waals surface area contributed by atoms with Gasteiger partial charge in [-0.05, 0) is 12.1 Å². The molecule has 0 saturated heterocycles. The average molecular weight is 225 g/mol. The van der Waals surface area contributed by atoms with Gasteiger partial charge in [0, 0.05) is 0 Å². The molecule has 84 valence electrons. The fraction of sp³-hybridized carbons (Fsp3) is 0.200. The molecule has 0 amide bonds. The van der Waals surface area contributed by atoms with Crippen molar-refractivity contribution in [3.05, 3.63) is 24.3 Å². The monoisotopic (exact) mass is 225 g/mol. The van der Waals surface area contributed by atoms with Crippen molar-refractivity contribution < 1.29 is 13.5 Å². The van der Waals surface area contributed by atoms with Crippen LogP contribution in [0.2, 0.25) is 0 Å². The number of nitrogens with zero attached hydrogens (tertiary/aromatic N) is 2. The summed E-state index contributed by atoms with van der Waals surface area (Å²) in [6.07, 6.45) is -2.56. The van der Waals surface area contributed by atoms with Gasteiger partial charge in [0.1, 0.15) is 0 Å². The number of halogens is 2. The molecular formula is C10H9F2N3O.